The number of ether oxygens (including phenoxy) is 1. The number of urea groups is 1. The topological polar surface area (TPSA) is 108 Å². The number of anilines is 1. The van der Waals surface area contributed by atoms with E-state index in [4.69, 9.17) is 0 Å². The van der Waals surface area contributed by atoms with Crippen molar-refractivity contribution in [2.75, 3.05) is 17.2 Å². The summed E-state index contributed by atoms with van der Waals surface area (Å²) < 4.78 is 42.6. The van der Waals surface area contributed by atoms with Crippen LogP contribution in [-0.2, 0) is 0 Å². The summed E-state index contributed by atoms with van der Waals surface area (Å²) in [5.41, 5.74) is 5.12. The Hall–Kier alpha value is -4.83. The number of nitrogens with one attached hydrogen (secondary N) is 1. The van der Waals surface area contributed by atoms with Gasteiger partial charge in [0.2, 0.25) is 0 Å². The van der Waals surface area contributed by atoms with Gasteiger partial charge in [0.05, 0.1) is 11.8 Å². The molecule has 1 aromatic heterocycles. The van der Waals surface area contributed by atoms with Gasteiger partial charge >= 0.3 is 12.4 Å². The molecule has 0 aliphatic carbocycles. The zero-order valence-electron chi connectivity index (χ0n) is 24.0. The maximum absolute atomic E-state index is 12.9. The van der Waals surface area contributed by atoms with Crippen LogP contribution in [0.3, 0.4) is 0 Å². The molecule has 9 nitrogen and oxygen atoms in total. The van der Waals surface area contributed by atoms with Gasteiger partial charge in [-0.15, -0.1) is 18.3 Å². The zero-order chi connectivity index (χ0) is 31.4. The molecule has 1 unspecified atom stereocenters. The maximum Gasteiger partial charge on any atom is 0.573 e. The normalized spacial score (nSPS) is 15.0. The van der Waals surface area contributed by atoms with Gasteiger partial charge in [-0.1, -0.05) is 62.0 Å². The Bertz CT molecular complexity index is 1710. The van der Waals surface area contributed by atoms with E-state index in [0.29, 0.717) is 33.7 Å². The molecule has 3 aromatic carbocycles. The Morgan fingerprint density at radius 3 is 2.50 bits per heavy atom. The number of amides is 2. The molecular weight excluding hydrogens is 591 g/mol. The van der Waals surface area contributed by atoms with Crippen molar-refractivity contribution in [2.45, 2.75) is 39.1 Å². The van der Waals surface area contributed by atoms with E-state index >= 15 is 0 Å². The molecular formula is C31H28F3N7O2S. The maximum atomic E-state index is 12.9. The van der Waals surface area contributed by atoms with Gasteiger partial charge in [-0.25, -0.2) is 14.5 Å². The van der Waals surface area contributed by atoms with E-state index in [-0.39, 0.29) is 5.75 Å². The van der Waals surface area contributed by atoms with E-state index in [2.05, 4.69) is 62.9 Å². The third-order valence-corrected chi connectivity index (χ3v) is 7.83. The number of hydrogen-bond acceptors (Lipinski definition) is 6. The van der Waals surface area contributed by atoms with Crippen molar-refractivity contribution in [1.29, 1.82) is 5.26 Å². The number of aliphatic imine (C=N–C) groups is 1. The highest BCUT2D eigenvalue weighted by Crippen LogP contribution is 2.35. The fourth-order valence-corrected chi connectivity index (χ4v) is 5.90. The monoisotopic (exact) mass is 619 g/mol. The number of hydrogen-bond donors (Lipinski definition) is 1. The van der Waals surface area contributed by atoms with Crippen molar-refractivity contribution in [3.05, 3.63) is 89.7 Å². The van der Waals surface area contributed by atoms with Crippen molar-refractivity contribution in [3.8, 4) is 28.9 Å². The van der Waals surface area contributed by atoms with Crippen LogP contribution in [0, 0.1) is 18.3 Å². The Labute approximate surface area is 256 Å². The van der Waals surface area contributed by atoms with Gasteiger partial charge in [0.25, 0.3) is 0 Å². The minimum Gasteiger partial charge on any atom is -0.406 e. The standard InChI is InChI=1S/C31H28F3N7O2S/c1-19(2)27-20(3)5-4-6-26(27)40-15-16-44-30(40)38-29(42)37-25(17-35)21-7-9-22(10-8-21)28-36-18-41(39-28)23-11-13-24(14-12-23)43-31(32,33)34/h4-14,18-19,25H,15-16H2,1-3H3,(H,37,42). The third kappa shape index (κ3) is 7.03. The first-order valence-electron chi connectivity index (χ1n) is 13.7. The summed E-state index contributed by atoms with van der Waals surface area (Å²) in [7, 11) is 0. The summed E-state index contributed by atoms with van der Waals surface area (Å²) in [6.07, 6.45) is -3.34. The van der Waals surface area contributed by atoms with Crippen LogP contribution in [0.4, 0.5) is 23.7 Å². The molecule has 2 amide bonds. The molecule has 0 bridgehead atoms. The van der Waals surface area contributed by atoms with Crippen molar-refractivity contribution in [1.82, 2.24) is 20.1 Å². The average molecular weight is 620 g/mol. The van der Waals surface area contributed by atoms with Gasteiger partial charge < -0.3 is 15.0 Å². The van der Waals surface area contributed by atoms with Gasteiger partial charge in [0.1, 0.15) is 18.1 Å². The Morgan fingerprint density at radius 1 is 1.11 bits per heavy atom. The van der Waals surface area contributed by atoms with Crippen LogP contribution in [0.15, 0.2) is 78.0 Å². The van der Waals surface area contributed by atoms with E-state index in [1.165, 1.54) is 58.2 Å². The number of halogens is 3. The number of amidine groups is 1. The number of alkyl halides is 3. The van der Waals surface area contributed by atoms with Gasteiger partial charge in [-0.05, 0) is 59.9 Å². The number of nitriles is 1. The molecule has 1 saturated heterocycles. The van der Waals surface area contributed by atoms with Crippen LogP contribution in [0.25, 0.3) is 17.1 Å². The fraction of sp³-hybridized carbons (Fsp3) is 0.258. The highest BCUT2D eigenvalue weighted by Gasteiger charge is 2.31. The van der Waals surface area contributed by atoms with Gasteiger partial charge in [0.15, 0.2) is 11.0 Å². The van der Waals surface area contributed by atoms with Crippen molar-refractivity contribution >= 4 is 28.6 Å². The summed E-state index contributed by atoms with van der Waals surface area (Å²) >= 11 is 1.50. The lowest BCUT2D eigenvalue weighted by molar-refractivity contribution is -0.274. The quantitative estimate of drug-likeness (QED) is 0.234. The molecule has 13 heteroatoms. The number of aryl methyl sites for hydroxylation is 1. The summed E-state index contributed by atoms with van der Waals surface area (Å²) in [4.78, 5) is 23.6. The van der Waals surface area contributed by atoms with E-state index < -0.39 is 18.4 Å². The molecule has 1 fully saturated rings. The molecule has 2 heterocycles. The van der Waals surface area contributed by atoms with Crippen LogP contribution in [0.2, 0.25) is 0 Å². The molecule has 44 heavy (non-hydrogen) atoms. The van der Waals surface area contributed by atoms with Crippen LogP contribution in [0.5, 0.6) is 5.75 Å². The molecule has 0 spiro atoms. The van der Waals surface area contributed by atoms with Crippen molar-refractivity contribution < 1.29 is 22.7 Å². The zero-order valence-corrected chi connectivity index (χ0v) is 24.9. The first-order chi connectivity index (χ1) is 21.0. The summed E-state index contributed by atoms with van der Waals surface area (Å²) in [6, 6.07) is 18.8. The number of rotatable bonds is 7. The number of aromatic nitrogens is 3. The van der Waals surface area contributed by atoms with E-state index in [9.17, 15) is 23.2 Å². The fourth-order valence-electron chi connectivity index (χ4n) is 4.95. The van der Waals surface area contributed by atoms with Crippen LogP contribution >= 0.6 is 11.8 Å². The average Bonchev–Trinajstić information content (AvgIpc) is 3.66. The molecule has 1 aliphatic rings. The predicted octanol–water partition coefficient (Wildman–Crippen LogP) is 7.15. The lowest BCUT2D eigenvalue weighted by Gasteiger charge is -2.24. The Balaban J connectivity index is 1.26. The third-order valence-electron chi connectivity index (χ3n) is 6.87. The largest absolute Gasteiger partial charge is 0.573 e. The SMILES string of the molecule is Cc1cccc(N2CCSC2=NC(=O)NC(C#N)c2ccc(-c3ncn(-c4ccc(OC(F)(F)F)cc4)n3)cc2)c1C(C)C. The van der Waals surface area contributed by atoms with Crippen LogP contribution < -0.4 is 15.0 Å². The minimum atomic E-state index is -4.77. The van der Waals surface area contributed by atoms with Crippen LogP contribution in [0.1, 0.15) is 42.5 Å². The first kappa shape index (κ1) is 30.6. The van der Waals surface area contributed by atoms with Crippen molar-refractivity contribution in [3.63, 3.8) is 0 Å². The summed E-state index contributed by atoms with van der Waals surface area (Å²) in [6.45, 7) is 7.09. The summed E-state index contributed by atoms with van der Waals surface area (Å²) in [5, 5.41) is 17.5. The van der Waals surface area contributed by atoms with Gasteiger partial charge in [-0.3, -0.25) is 0 Å². The lowest BCUT2D eigenvalue weighted by Crippen LogP contribution is -2.30. The van der Waals surface area contributed by atoms with Crippen LogP contribution in [-0.4, -0.2) is 44.6 Å². The minimum absolute atomic E-state index is 0.301. The second-order valence-electron chi connectivity index (χ2n) is 10.2. The second-order valence-corrected chi connectivity index (χ2v) is 11.3. The highest BCUT2D eigenvalue weighted by atomic mass is 32.2. The molecule has 1 atom stereocenters. The molecule has 4 aromatic rings. The van der Waals surface area contributed by atoms with Gasteiger partial charge in [-0.2, -0.15) is 10.3 Å². The first-order valence-corrected chi connectivity index (χ1v) is 14.7. The van der Waals surface area contributed by atoms with Crippen molar-refractivity contribution in [2.24, 2.45) is 4.99 Å². The number of benzene rings is 3. The highest BCUT2D eigenvalue weighted by molar-refractivity contribution is 8.14. The lowest BCUT2D eigenvalue weighted by atomic mass is 9.95. The van der Waals surface area contributed by atoms with E-state index in [1.807, 2.05) is 12.1 Å². The van der Waals surface area contributed by atoms with Gasteiger partial charge in [0, 0.05) is 23.5 Å². The predicted molar refractivity (Wildman–Crippen MR) is 163 cm³/mol. The second kappa shape index (κ2) is 12.8. The van der Waals surface area contributed by atoms with E-state index in [1.54, 1.807) is 24.3 Å². The number of thioether (sulfide) groups is 1. The molecule has 226 valence electrons. The summed E-state index contributed by atoms with van der Waals surface area (Å²) in [5.74, 6) is 1.12. The Kier molecular flexibility index (Phi) is 8.91. The number of carbonyl (C=O) groups is 1. The number of nitrogens with zero attached hydrogens (tertiary/aromatic N) is 6. The van der Waals surface area contributed by atoms with E-state index in [0.717, 1.165) is 18.0 Å². The smallest absolute Gasteiger partial charge is 0.406 e. The molecule has 0 saturated carbocycles. The molecule has 1 N–H and O–H groups in total. The molecule has 5 rings (SSSR count). The number of carbonyl (C=O) groups excluding carboxylic acids is 1. The molecule has 0 radical (unpaired) electrons. The Morgan fingerprint density at radius 2 is 1.84 bits per heavy atom. The molecule has 1 aliphatic heterocycles.